The number of carbonyl (C=O) groups is 1. The molecule has 4 heteroatoms. The molecule has 2 aromatic carbocycles. The first-order valence-corrected chi connectivity index (χ1v) is 7.54. The van der Waals surface area contributed by atoms with Gasteiger partial charge in [0.25, 0.3) is 0 Å². The van der Waals surface area contributed by atoms with Crippen molar-refractivity contribution in [1.29, 1.82) is 0 Å². The highest BCUT2D eigenvalue weighted by molar-refractivity contribution is 5.99. The molecule has 4 nitrogen and oxygen atoms in total. The van der Waals surface area contributed by atoms with E-state index in [4.69, 9.17) is 0 Å². The van der Waals surface area contributed by atoms with Crippen molar-refractivity contribution < 1.29 is 15.0 Å². The number of carboxylic acids is 1. The number of aliphatic hydroxyl groups is 1. The Labute approximate surface area is 139 Å². The Morgan fingerprint density at radius 2 is 1.96 bits per heavy atom. The van der Waals surface area contributed by atoms with Crippen molar-refractivity contribution in [2.75, 3.05) is 0 Å². The minimum atomic E-state index is -1.15. The van der Waals surface area contributed by atoms with Crippen LogP contribution in [0.25, 0.3) is 22.0 Å². The minimum Gasteiger partial charge on any atom is -0.478 e. The lowest BCUT2D eigenvalue weighted by molar-refractivity contribution is 0.0697. The van der Waals surface area contributed by atoms with Crippen LogP contribution in [-0.4, -0.2) is 26.8 Å². The van der Waals surface area contributed by atoms with E-state index in [2.05, 4.69) is 16.8 Å². The van der Waals surface area contributed by atoms with E-state index in [0.717, 1.165) is 16.5 Å². The quantitative estimate of drug-likeness (QED) is 0.631. The van der Waals surface area contributed by atoms with Crippen molar-refractivity contribution in [2.24, 2.45) is 0 Å². The molecule has 0 unspecified atom stereocenters. The Morgan fingerprint density at radius 1 is 1.17 bits per heavy atom. The molecule has 0 saturated heterocycles. The summed E-state index contributed by atoms with van der Waals surface area (Å²) in [7, 11) is 0. The molecular formula is C20H17NO3. The molecule has 3 rings (SSSR count). The number of benzene rings is 2. The van der Waals surface area contributed by atoms with Gasteiger partial charge in [-0.25, -0.2) is 4.79 Å². The van der Waals surface area contributed by atoms with Gasteiger partial charge < -0.3 is 15.2 Å². The lowest BCUT2D eigenvalue weighted by Gasteiger charge is -2.11. The predicted molar refractivity (Wildman–Crippen MR) is 93.9 cm³/mol. The predicted octanol–water partition coefficient (Wildman–Crippen LogP) is 3.66. The van der Waals surface area contributed by atoms with Gasteiger partial charge in [0.15, 0.2) is 0 Å². The van der Waals surface area contributed by atoms with Crippen molar-refractivity contribution in [3.8, 4) is 23.0 Å². The first-order valence-electron chi connectivity index (χ1n) is 7.54. The van der Waals surface area contributed by atoms with E-state index in [-0.39, 0.29) is 5.56 Å². The summed E-state index contributed by atoms with van der Waals surface area (Å²) in [5, 5.41) is 20.4. The molecule has 0 aliphatic rings. The lowest BCUT2D eigenvalue weighted by Crippen LogP contribution is -2.14. The second-order valence-corrected chi connectivity index (χ2v) is 6.12. The maximum Gasteiger partial charge on any atom is 0.336 e. The first-order chi connectivity index (χ1) is 11.3. The van der Waals surface area contributed by atoms with Gasteiger partial charge in [0.1, 0.15) is 5.60 Å². The van der Waals surface area contributed by atoms with E-state index in [1.807, 2.05) is 30.5 Å². The van der Waals surface area contributed by atoms with Crippen LogP contribution in [0.15, 0.2) is 48.7 Å². The minimum absolute atomic E-state index is 0.184. The zero-order valence-corrected chi connectivity index (χ0v) is 13.4. The third-order valence-electron chi connectivity index (χ3n) is 3.64. The average Bonchev–Trinajstić information content (AvgIpc) is 2.99. The molecule has 3 N–H and O–H groups in total. The van der Waals surface area contributed by atoms with Gasteiger partial charge in [0, 0.05) is 22.8 Å². The maximum atomic E-state index is 11.7. The topological polar surface area (TPSA) is 73.3 Å². The van der Waals surface area contributed by atoms with Gasteiger partial charge in [0.05, 0.1) is 5.56 Å². The number of H-pyrrole nitrogens is 1. The Hall–Kier alpha value is -3.03. The van der Waals surface area contributed by atoms with Crippen LogP contribution in [0.2, 0.25) is 0 Å². The fourth-order valence-corrected chi connectivity index (χ4v) is 2.57. The normalized spacial score (nSPS) is 11.1. The molecule has 0 saturated carbocycles. The molecule has 0 atom stereocenters. The summed E-state index contributed by atoms with van der Waals surface area (Å²) in [6.07, 6.45) is 1.84. The molecule has 0 aliphatic heterocycles. The SMILES string of the molecule is CC(C)(O)C#Cc1cccc(C(=O)O)c1-c1ccc2cc[nH]c2c1. The summed E-state index contributed by atoms with van der Waals surface area (Å²) in [6, 6.07) is 12.7. The van der Waals surface area contributed by atoms with Gasteiger partial charge in [-0.1, -0.05) is 30.0 Å². The molecule has 0 radical (unpaired) electrons. The standard InChI is InChI=1S/C20H17NO3/c1-20(2,24)10-8-14-4-3-5-16(19(22)23)18(14)15-7-6-13-9-11-21-17(13)12-15/h3-7,9,11-12,21,24H,1-2H3,(H,22,23). The van der Waals surface area contributed by atoms with Crippen LogP contribution in [-0.2, 0) is 0 Å². The van der Waals surface area contributed by atoms with Crippen molar-refractivity contribution in [3.63, 3.8) is 0 Å². The third kappa shape index (κ3) is 3.17. The van der Waals surface area contributed by atoms with E-state index >= 15 is 0 Å². The summed E-state index contributed by atoms with van der Waals surface area (Å²) in [6.45, 7) is 3.18. The van der Waals surface area contributed by atoms with E-state index in [9.17, 15) is 15.0 Å². The number of aromatic carboxylic acids is 1. The van der Waals surface area contributed by atoms with Crippen LogP contribution < -0.4 is 0 Å². The fraction of sp³-hybridized carbons (Fsp3) is 0.150. The Morgan fingerprint density at radius 3 is 2.67 bits per heavy atom. The summed E-state index contributed by atoms with van der Waals surface area (Å²) in [4.78, 5) is 14.8. The van der Waals surface area contributed by atoms with Gasteiger partial charge in [-0.15, -0.1) is 0 Å². The number of fused-ring (bicyclic) bond motifs is 1. The average molecular weight is 319 g/mol. The highest BCUT2D eigenvalue weighted by Gasteiger charge is 2.16. The number of rotatable bonds is 2. The molecule has 0 aliphatic carbocycles. The molecule has 24 heavy (non-hydrogen) atoms. The number of aromatic nitrogens is 1. The molecule has 1 aromatic heterocycles. The second-order valence-electron chi connectivity index (χ2n) is 6.12. The van der Waals surface area contributed by atoms with Gasteiger partial charge in [0.2, 0.25) is 0 Å². The van der Waals surface area contributed by atoms with Gasteiger partial charge in [-0.3, -0.25) is 0 Å². The molecule has 0 fully saturated rings. The van der Waals surface area contributed by atoms with Crippen molar-refractivity contribution in [3.05, 3.63) is 59.8 Å². The van der Waals surface area contributed by atoms with Gasteiger partial charge >= 0.3 is 5.97 Å². The smallest absolute Gasteiger partial charge is 0.336 e. The molecule has 120 valence electrons. The fourth-order valence-electron chi connectivity index (χ4n) is 2.57. The summed E-state index contributed by atoms with van der Waals surface area (Å²) in [5.41, 5.74) is 1.85. The third-order valence-corrected chi connectivity index (χ3v) is 3.64. The van der Waals surface area contributed by atoms with Gasteiger partial charge in [-0.05, 0) is 49.1 Å². The Balaban J connectivity index is 2.26. The highest BCUT2D eigenvalue weighted by atomic mass is 16.4. The van der Waals surface area contributed by atoms with Crippen molar-refractivity contribution >= 4 is 16.9 Å². The molecule has 3 aromatic rings. The van der Waals surface area contributed by atoms with Gasteiger partial charge in [-0.2, -0.15) is 0 Å². The number of nitrogens with one attached hydrogen (secondary N) is 1. The molecule has 1 heterocycles. The molecule has 0 amide bonds. The zero-order valence-electron chi connectivity index (χ0n) is 13.4. The second kappa shape index (κ2) is 5.88. The summed E-state index contributed by atoms with van der Waals surface area (Å²) >= 11 is 0. The van der Waals surface area contributed by atoms with Crippen LogP contribution >= 0.6 is 0 Å². The summed E-state index contributed by atoms with van der Waals surface area (Å²) in [5.74, 6) is 4.66. The number of carboxylic acid groups (broad SMARTS) is 1. The number of aromatic amines is 1. The van der Waals surface area contributed by atoms with Crippen LogP contribution in [0, 0.1) is 11.8 Å². The van der Waals surface area contributed by atoms with E-state index in [1.54, 1.807) is 32.0 Å². The molecular weight excluding hydrogens is 302 g/mol. The van der Waals surface area contributed by atoms with E-state index in [1.165, 1.54) is 0 Å². The van der Waals surface area contributed by atoms with E-state index < -0.39 is 11.6 Å². The Kier molecular flexibility index (Phi) is 3.88. The highest BCUT2D eigenvalue weighted by Crippen LogP contribution is 2.30. The molecule has 0 bridgehead atoms. The van der Waals surface area contributed by atoms with Crippen LogP contribution in [0.1, 0.15) is 29.8 Å². The maximum absolute atomic E-state index is 11.7. The van der Waals surface area contributed by atoms with Crippen LogP contribution in [0.5, 0.6) is 0 Å². The summed E-state index contributed by atoms with van der Waals surface area (Å²) < 4.78 is 0. The Bertz CT molecular complexity index is 981. The van der Waals surface area contributed by atoms with E-state index in [0.29, 0.717) is 11.1 Å². The van der Waals surface area contributed by atoms with Crippen molar-refractivity contribution in [1.82, 2.24) is 4.98 Å². The molecule has 0 spiro atoms. The lowest BCUT2D eigenvalue weighted by atomic mass is 9.93. The zero-order chi connectivity index (χ0) is 17.3. The van der Waals surface area contributed by atoms with Crippen molar-refractivity contribution in [2.45, 2.75) is 19.4 Å². The van der Waals surface area contributed by atoms with Crippen LogP contribution in [0.3, 0.4) is 0 Å². The monoisotopic (exact) mass is 319 g/mol. The largest absolute Gasteiger partial charge is 0.478 e. The number of hydrogen-bond acceptors (Lipinski definition) is 2. The number of hydrogen-bond donors (Lipinski definition) is 3. The van der Waals surface area contributed by atoms with Crippen LogP contribution in [0.4, 0.5) is 0 Å². The first kappa shape index (κ1) is 15.9.